The van der Waals surface area contributed by atoms with Gasteiger partial charge in [-0.05, 0) is 0 Å². The number of carbonyl (C=O) groups is 3. The maximum absolute atomic E-state index is 8.25. The Morgan fingerprint density at radius 3 is 0.727 bits per heavy atom. The van der Waals surface area contributed by atoms with Gasteiger partial charge in [-0.2, -0.15) is 0 Å². The van der Waals surface area contributed by atoms with E-state index in [1.54, 1.807) is 0 Å². The number of carbonyl (C=O) groups excluding carboxylic acids is 3. The average molecular weight is 257 g/mol. The SMILES string of the molecule is O=C[O-].O=C[O-].O=C[O-].[Cu+].[Ni+2]. The molecule has 0 spiro atoms. The summed E-state index contributed by atoms with van der Waals surface area (Å²) in [5.74, 6) is 0. The molecule has 11 heavy (non-hydrogen) atoms. The van der Waals surface area contributed by atoms with Crippen molar-refractivity contribution in [3.8, 4) is 0 Å². The summed E-state index contributed by atoms with van der Waals surface area (Å²) >= 11 is 0. The molecule has 0 rings (SSSR count). The summed E-state index contributed by atoms with van der Waals surface area (Å²) in [6.45, 7) is -1.50. The third-order valence-corrected chi connectivity index (χ3v) is 0. The zero-order chi connectivity index (χ0) is 8.12. The van der Waals surface area contributed by atoms with Crippen LogP contribution in [0, 0.1) is 0 Å². The summed E-state index contributed by atoms with van der Waals surface area (Å²) in [7, 11) is 0. The molecule has 0 aliphatic rings. The minimum atomic E-state index is -0.500. The third kappa shape index (κ3) is 1560. The number of rotatable bonds is 0. The maximum Gasteiger partial charge on any atom is 2.00 e. The minimum absolute atomic E-state index is 0. The summed E-state index contributed by atoms with van der Waals surface area (Å²) in [5.41, 5.74) is 0. The Labute approximate surface area is 83.0 Å². The predicted molar refractivity (Wildman–Crippen MR) is 18.2 cm³/mol. The van der Waals surface area contributed by atoms with Gasteiger partial charge in [0.15, 0.2) is 0 Å². The molecule has 6 nitrogen and oxygen atoms in total. The average Bonchev–Trinajstić information content (AvgIpc) is 1.70. The molecule has 0 bridgehead atoms. The fraction of sp³-hybridized carbons (Fsp3) is 0. The summed E-state index contributed by atoms with van der Waals surface area (Å²) < 4.78 is 0. The largest absolute Gasteiger partial charge is 2.00 e. The van der Waals surface area contributed by atoms with E-state index in [0.29, 0.717) is 0 Å². The van der Waals surface area contributed by atoms with Gasteiger partial charge in [-0.3, -0.25) is 0 Å². The van der Waals surface area contributed by atoms with E-state index < -0.39 is 19.4 Å². The summed E-state index contributed by atoms with van der Waals surface area (Å²) in [5, 5.41) is 24.8. The van der Waals surface area contributed by atoms with Gasteiger partial charge in [-0.25, -0.2) is 0 Å². The molecule has 8 heteroatoms. The van der Waals surface area contributed by atoms with Crippen molar-refractivity contribution in [2.45, 2.75) is 0 Å². The Balaban J connectivity index is -0.0000000150. The monoisotopic (exact) mass is 256 g/mol. The van der Waals surface area contributed by atoms with Gasteiger partial charge in [0.25, 0.3) is 0 Å². The molecule has 0 fully saturated rings. The van der Waals surface area contributed by atoms with Gasteiger partial charge in [0.05, 0.1) is 0 Å². The van der Waals surface area contributed by atoms with Gasteiger partial charge in [0.2, 0.25) is 0 Å². The first kappa shape index (κ1) is 31.5. The van der Waals surface area contributed by atoms with Crippen LogP contribution < -0.4 is 15.3 Å². The van der Waals surface area contributed by atoms with Gasteiger partial charge in [-0.1, -0.05) is 0 Å². The minimum Gasteiger partial charge on any atom is -0.554 e. The van der Waals surface area contributed by atoms with E-state index in [1.807, 2.05) is 0 Å². The van der Waals surface area contributed by atoms with Gasteiger partial charge in [0.1, 0.15) is 0 Å². The Morgan fingerprint density at radius 2 is 0.727 bits per heavy atom. The standard InChI is InChI=1S/3CH2O2.Cu.Ni/c3*2-1-3;;/h3*1H,(H,2,3);;/q;;;+1;+2/p-3. The quantitative estimate of drug-likeness (QED) is 0.317. The van der Waals surface area contributed by atoms with Gasteiger partial charge in [-0.15, -0.1) is 0 Å². The van der Waals surface area contributed by atoms with E-state index in [0.717, 1.165) is 0 Å². The van der Waals surface area contributed by atoms with E-state index >= 15 is 0 Å². The van der Waals surface area contributed by atoms with Crippen LogP contribution in [0.25, 0.3) is 0 Å². The second kappa shape index (κ2) is 114. The zero-order valence-corrected chi connectivity index (χ0v) is 6.73. The van der Waals surface area contributed by atoms with Crippen molar-refractivity contribution >= 4 is 19.4 Å². The Morgan fingerprint density at radius 1 is 0.727 bits per heavy atom. The molecule has 0 unspecified atom stereocenters. The van der Waals surface area contributed by atoms with Crippen LogP contribution in [0.5, 0.6) is 0 Å². The first-order valence-corrected chi connectivity index (χ1v) is 1.41. The van der Waals surface area contributed by atoms with Crippen LogP contribution in [-0.2, 0) is 47.9 Å². The number of hydrogen-bond acceptors (Lipinski definition) is 6. The summed E-state index contributed by atoms with van der Waals surface area (Å²) in [6.07, 6.45) is 0. The Kier molecular flexibility index (Phi) is 326. The topological polar surface area (TPSA) is 120 Å². The maximum atomic E-state index is 8.25. The molecule has 0 aliphatic heterocycles. The normalized spacial score (nSPS) is 3.27. The van der Waals surface area contributed by atoms with Gasteiger partial charge in [0, 0.05) is 19.4 Å². The van der Waals surface area contributed by atoms with Crippen molar-refractivity contribution in [1.82, 2.24) is 0 Å². The van der Waals surface area contributed by atoms with Crippen molar-refractivity contribution in [3.05, 3.63) is 0 Å². The fourth-order valence-corrected chi connectivity index (χ4v) is 0. The van der Waals surface area contributed by atoms with E-state index in [1.165, 1.54) is 0 Å². The van der Waals surface area contributed by atoms with Crippen LogP contribution in [0.3, 0.4) is 0 Å². The van der Waals surface area contributed by atoms with E-state index in [-0.39, 0.29) is 33.6 Å². The molecule has 0 aliphatic carbocycles. The molecule has 0 radical (unpaired) electrons. The van der Waals surface area contributed by atoms with Crippen LogP contribution in [0.2, 0.25) is 0 Å². The van der Waals surface area contributed by atoms with Crippen LogP contribution in [0.1, 0.15) is 0 Å². The molecule has 0 aromatic carbocycles. The molecule has 0 heterocycles. The molecule has 0 N–H and O–H groups in total. The van der Waals surface area contributed by atoms with E-state index in [4.69, 9.17) is 29.7 Å². The van der Waals surface area contributed by atoms with Crippen molar-refractivity contribution in [3.63, 3.8) is 0 Å². The van der Waals surface area contributed by atoms with Crippen LogP contribution in [-0.4, -0.2) is 19.4 Å². The third-order valence-electron chi connectivity index (χ3n) is 0. The van der Waals surface area contributed by atoms with E-state index in [9.17, 15) is 0 Å². The second-order valence-electron chi connectivity index (χ2n) is 0.289. The second-order valence-corrected chi connectivity index (χ2v) is 0.289. The molecule has 0 saturated carbocycles. The molecule has 0 aromatic heterocycles. The first-order chi connectivity index (χ1) is 4.24. The van der Waals surface area contributed by atoms with Crippen molar-refractivity contribution < 1.29 is 63.3 Å². The fourth-order valence-electron chi connectivity index (χ4n) is 0. The van der Waals surface area contributed by atoms with Crippen molar-refractivity contribution in [1.29, 1.82) is 0 Å². The number of carboxylic acid groups (broad SMARTS) is 3. The van der Waals surface area contributed by atoms with Crippen LogP contribution in [0.4, 0.5) is 0 Å². The van der Waals surface area contributed by atoms with E-state index in [2.05, 4.69) is 0 Å². The van der Waals surface area contributed by atoms with Gasteiger partial charge >= 0.3 is 33.6 Å². The Bertz CT molecular complexity index is 54.6. The first-order valence-electron chi connectivity index (χ1n) is 1.41. The molecular weight excluding hydrogens is 254 g/mol. The Hall–Kier alpha value is -0.577. The molecule has 0 aromatic rings. The summed E-state index contributed by atoms with van der Waals surface area (Å²) in [6, 6.07) is 0. The summed E-state index contributed by atoms with van der Waals surface area (Å²) in [4.78, 5) is 24.8. The molecule has 0 amide bonds. The van der Waals surface area contributed by atoms with Crippen molar-refractivity contribution in [2.75, 3.05) is 0 Å². The predicted octanol–water partition coefficient (Wildman–Crippen LogP) is -4.91. The molecule has 0 atom stereocenters. The molecular formula is C3H3CuNiO6. The molecule has 72 valence electrons. The zero-order valence-electron chi connectivity index (χ0n) is 4.80. The smallest absolute Gasteiger partial charge is 0.554 e. The number of hydrogen-bond donors (Lipinski definition) is 0. The van der Waals surface area contributed by atoms with Crippen molar-refractivity contribution in [2.24, 2.45) is 0 Å². The molecule has 0 saturated heterocycles. The van der Waals surface area contributed by atoms with Gasteiger partial charge < -0.3 is 29.7 Å². The van der Waals surface area contributed by atoms with Crippen LogP contribution >= 0.6 is 0 Å². The van der Waals surface area contributed by atoms with Crippen LogP contribution in [0.15, 0.2) is 0 Å².